The predicted octanol–water partition coefficient (Wildman–Crippen LogP) is 6.37. The Balaban J connectivity index is 1.74. The van der Waals surface area contributed by atoms with Crippen molar-refractivity contribution in [3.8, 4) is 45.6 Å². The van der Waals surface area contributed by atoms with Crippen LogP contribution in [0.3, 0.4) is 0 Å². The number of methoxy groups -OCH3 is 4. The van der Waals surface area contributed by atoms with Crippen LogP contribution in [0.25, 0.3) is 11.1 Å². The minimum absolute atomic E-state index is 0.256. The minimum atomic E-state index is 0.256. The number of aryl methyl sites for hydroxylation is 4. The van der Waals surface area contributed by atoms with Crippen LogP contribution in [0.5, 0.6) is 34.5 Å². The highest BCUT2D eigenvalue weighted by molar-refractivity contribution is 5.79. The summed E-state index contributed by atoms with van der Waals surface area (Å²) in [4.78, 5) is 0. The van der Waals surface area contributed by atoms with Gasteiger partial charge in [-0.3, -0.25) is 0 Å². The third-order valence-electron chi connectivity index (χ3n) is 6.68. The average Bonchev–Trinajstić information content (AvgIpc) is 2.94. The van der Waals surface area contributed by atoms with E-state index in [1.807, 2.05) is 36.4 Å². The smallest absolute Gasteiger partial charge is 0.130 e. The van der Waals surface area contributed by atoms with E-state index in [1.54, 1.807) is 52.7 Å². The van der Waals surface area contributed by atoms with Crippen LogP contribution >= 0.6 is 0 Å². The maximum absolute atomic E-state index is 9.85. The van der Waals surface area contributed by atoms with Gasteiger partial charge in [-0.2, -0.15) is 0 Å². The fourth-order valence-electron chi connectivity index (χ4n) is 4.72. The Bertz CT molecular complexity index is 1290. The maximum Gasteiger partial charge on any atom is 0.130 e. The second kappa shape index (κ2) is 12.3. The molecule has 0 amide bonds. The van der Waals surface area contributed by atoms with Crippen LogP contribution in [0.2, 0.25) is 0 Å². The van der Waals surface area contributed by atoms with E-state index in [0.29, 0.717) is 24.3 Å². The zero-order valence-electron chi connectivity index (χ0n) is 22.3. The van der Waals surface area contributed by atoms with Crippen LogP contribution in [0.4, 0.5) is 0 Å². The van der Waals surface area contributed by atoms with Crippen molar-refractivity contribution >= 4 is 0 Å². The van der Waals surface area contributed by atoms with Crippen LogP contribution < -0.4 is 18.9 Å². The van der Waals surface area contributed by atoms with E-state index in [-0.39, 0.29) is 11.5 Å². The molecule has 6 nitrogen and oxygen atoms in total. The Labute approximate surface area is 224 Å². The second-order valence-corrected chi connectivity index (χ2v) is 9.07. The van der Waals surface area contributed by atoms with Gasteiger partial charge in [0.2, 0.25) is 0 Å². The van der Waals surface area contributed by atoms with Gasteiger partial charge in [-0.25, -0.2) is 0 Å². The zero-order chi connectivity index (χ0) is 27.1. The summed E-state index contributed by atoms with van der Waals surface area (Å²) in [5.41, 5.74) is 5.90. The molecular weight excluding hydrogens is 480 g/mol. The number of phenols is 2. The minimum Gasteiger partial charge on any atom is -0.508 e. The molecule has 0 aliphatic heterocycles. The number of benzene rings is 4. The van der Waals surface area contributed by atoms with Crippen LogP contribution in [-0.4, -0.2) is 38.7 Å². The molecule has 0 spiro atoms. The fraction of sp³-hybridized carbons (Fsp3) is 0.250. The molecular formula is C32H34O6. The van der Waals surface area contributed by atoms with Gasteiger partial charge in [-0.1, -0.05) is 24.3 Å². The Morgan fingerprint density at radius 1 is 0.474 bits per heavy atom. The van der Waals surface area contributed by atoms with E-state index in [4.69, 9.17) is 18.9 Å². The van der Waals surface area contributed by atoms with Crippen LogP contribution in [-0.2, 0) is 25.7 Å². The maximum atomic E-state index is 9.85. The molecule has 0 atom stereocenters. The van der Waals surface area contributed by atoms with Gasteiger partial charge < -0.3 is 29.2 Å². The van der Waals surface area contributed by atoms with Crippen molar-refractivity contribution in [1.29, 1.82) is 0 Å². The Morgan fingerprint density at radius 2 is 0.868 bits per heavy atom. The highest BCUT2D eigenvalue weighted by Gasteiger charge is 2.19. The Kier molecular flexibility index (Phi) is 8.64. The first kappa shape index (κ1) is 26.7. The molecule has 0 bridgehead atoms. The molecule has 0 saturated carbocycles. The van der Waals surface area contributed by atoms with Gasteiger partial charge in [-0.05, 0) is 84.3 Å². The van der Waals surface area contributed by atoms with Crippen LogP contribution in [0.1, 0.15) is 22.3 Å². The standard InChI is InChI=1S/C32H34O6/c1-35-29-19-31(37-3)27(17-23(29)13-11-21-7-5-9-25(33)15-21)28-18-24(30(36-2)20-32(28)38-4)14-12-22-8-6-10-26(34)16-22/h5-10,15-20,33-34H,11-14H2,1-4H3. The Hall–Kier alpha value is -4.32. The lowest BCUT2D eigenvalue weighted by molar-refractivity contribution is 0.388. The lowest BCUT2D eigenvalue weighted by atomic mass is 9.94. The monoisotopic (exact) mass is 514 g/mol. The van der Waals surface area contributed by atoms with E-state index in [9.17, 15) is 10.2 Å². The highest BCUT2D eigenvalue weighted by Crippen LogP contribution is 2.43. The first-order valence-electron chi connectivity index (χ1n) is 12.5. The molecule has 198 valence electrons. The van der Waals surface area contributed by atoms with Crippen molar-refractivity contribution in [2.45, 2.75) is 25.7 Å². The summed E-state index contributed by atoms with van der Waals surface area (Å²) in [7, 11) is 6.59. The van der Waals surface area contributed by atoms with Gasteiger partial charge in [-0.15, -0.1) is 0 Å². The Morgan fingerprint density at radius 3 is 1.21 bits per heavy atom. The first-order valence-corrected chi connectivity index (χ1v) is 12.5. The number of hydrogen-bond donors (Lipinski definition) is 2. The number of phenolic OH excluding ortho intramolecular Hbond substituents is 2. The molecule has 4 rings (SSSR count). The average molecular weight is 515 g/mol. The van der Waals surface area contributed by atoms with E-state index >= 15 is 0 Å². The quantitative estimate of drug-likeness (QED) is 0.242. The van der Waals surface area contributed by atoms with Crippen molar-refractivity contribution in [2.24, 2.45) is 0 Å². The molecule has 6 heteroatoms. The van der Waals surface area contributed by atoms with Gasteiger partial charge in [0, 0.05) is 23.3 Å². The lowest BCUT2D eigenvalue weighted by Crippen LogP contribution is -2.01. The van der Waals surface area contributed by atoms with Gasteiger partial charge in [0.15, 0.2) is 0 Å². The lowest BCUT2D eigenvalue weighted by Gasteiger charge is -2.19. The number of rotatable bonds is 11. The molecule has 0 fully saturated rings. The first-order chi connectivity index (χ1) is 18.4. The van der Waals surface area contributed by atoms with Gasteiger partial charge in [0.1, 0.15) is 34.5 Å². The number of aromatic hydroxyl groups is 2. The molecule has 0 heterocycles. The van der Waals surface area contributed by atoms with E-state index in [2.05, 4.69) is 12.1 Å². The largest absolute Gasteiger partial charge is 0.508 e. The topological polar surface area (TPSA) is 77.4 Å². The van der Waals surface area contributed by atoms with Crippen molar-refractivity contribution in [2.75, 3.05) is 28.4 Å². The summed E-state index contributed by atoms with van der Waals surface area (Å²) in [6, 6.07) is 22.6. The zero-order valence-corrected chi connectivity index (χ0v) is 22.3. The molecule has 2 N–H and O–H groups in total. The van der Waals surface area contributed by atoms with E-state index in [0.717, 1.165) is 57.7 Å². The summed E-state index contributed by atoms with van der Waals surface area (Å²) in [6.45, 7) is 0. The molecule has 38 heavy (non-hydrogen) atoms. The molecule has 0 aliphatic rings. The molecule has 0 saturated heterocycles. The van der Waals surface area contributed by atoms with Crippen molar-refractivity contribution in [1.82, 2.24) is 0 Å². The normalized spacial score (nSPS) is 10.7. The molecule has 0 radical (unpaired) electrons. The highest BCUT2D eigenvalue weighted by atomic mass is 16.5. The van der Waals surface area contributed by atoms with Crippen LogP contribution in [0.15, 0.2) is 72.8 Å². The van der Waals surface area contributed by atoms with Gasteiger partial charge in [0.05, 0.1) is 28.4 Å². The summed E-state index contributed by atoms with van der Waals surface area (Å²) in [5, 5.41) is 19.7. The molecule has 0 aromatic heterocycles. The van der Waals surface area contributed by atoms with Crippen molar-refractivity contribution < 1.29 is 29.2 Å². The summed E-state index contributed by atoms with van der Waals surface area (Å²) < 4.78 is 23.0. The van der Waals surface area contributed by atoms with E-state index in [1.165, 1.54) is 0 Å². The second-order valence-electron chi connectivity index (χ2n) is 9.07. The summed E-state index contributed by atoms with van der Waals surface area (Å²) in [6.07, 6.45) is 2.91. The molecule has 0 unspecified atom stereocenters. The summed E-state index contributed by atoms with van der Waals surface area (Å²) in [5.74, 6) is 3.33. The van der Waals surface area contributed by atoms with Crippen molar-refractivity contribution in [3.63, 3.8) is 0 Å². The summed E-state index contributed by atoms with van der Waals surface area (Å²) >= 11 is 0. The van der Waals surface area contributed by atoms with Gasteiger partial charge >= 0.3 is 0 Å². The third kappa shape index (κ3) is 6.14. The number of ether oxygens (including phenoxy) is 4. The molecule has 4 aromatic rings. The molecule has 4 aromatic carbocycles. The SMILES string of the molecule is COc1cc(OC)c(-c2cc(CCc3cccc(O)c3)c(OC)cc2OC)cc1CCc1cccc(O)c1. The molecule has 0 aliphatic carbocycles. The van der Waals surface area contributed by atoms with Crippen molar-refractivity contribution in [3.05, 3.63) is 95.1 Å². The fourth-order valence-corrected chi connectivity index (χ4v) is 4.72. The van der Waals surface area contributed by atoms with Crippen LogP contribution in [0, 0.1) is 0 Å². The number of hydrogen-bond acceptors (Lipinski definition) is 6. The van der Waals surface area contributed by atoms with Gasteiger partial charge in [0.25, 0.3) is 0 Å². The van der Waals surface area contributed by atoms with E-state index < -0.39 is 0 Å². The third-order valence-corrected chi connectivity index (χ3v) is 6.68. The predicted molar refractivity (Wildman–Crippen MR) is 149 cm³/mol.